The van der Waals surface area contributed by atoms with E-state index in [1.54, 1.807) is 0 Å². The number of esters is 1. The average molecular weight is 308 g/mol. The zero-order valence-electron chi connectivity index (χ0n) is 11.4. The van der Waals surface area contributed by atoms with Crippen LogP contribution in [0.15, 0.2) is 22.0 Å². The SMILES string of the molecule is O=C(CC1(O)CCCC1)OCc1nc(-c2cccs2)no1. The van der Waals surface area contributed by atoms with E-state index in [1.807, 2.05) is 17.5 Å². The molecule has 6 nitrogen and oxygen atoms in total. The summed E-state index contributed by atoms with van der Waals surface area (Å²) < 4.78 is 10.1. The Morgan fingerprint density at radius 2 is 2.29 bits per heavy atom. The molecule has 2 aromatic heterocycles. The molecule has 0 aliphatic heterocycles. The van der Waals surface area contributed by atoms with E-state index >= 15 is 0 Å². The van der Waals surface area contributed by atoms with Crippen molar-refractivity contribution >= 4 is 17.3 Å². The molecule has 0 saturated heterocycles. The third-order valence-electron chi connectivity index (χ3n) is 3.57. The van der Waals surface area contributed by atoms with E-state index in [9.17, 15) is 9.90 Å². The van der Waals surface area contributed by atoms with Crippen molar-refractivity contribution in [2.45, 2.75) is 44.3 Å². The maximum absolute atomic E-state index is 11.7. The van der Waals surface area contributed by atoms with Crippen molar-refractivity contribution in [3.8, 4) is 10.7 Å². The van der Waals surface area contributed by atoms with E-state index in [0.717, 1.165) is 17.7 Å². The van der Waals surface area contributed by atoms with Crippen LogP contribution in [0.5, 0.6) is 0 Å². The number of ether oxygens (including phenoxy) is 1. The number of thiophene rings is 1. The van der Waals surface area contributed by atoms with Gasteiger partial charge >= 0.3 is 5.97 Å². The van der Waals surface area contributed by atoms with Crippen LogP contribution in [0, 0.1) is 0 Å². The lowest BCUT2D eigenvalue weighted by molar-refractivity contribution is -0.151. The molecule has 2 heterocycles. The molecule has 1 aliphatic rings. The molecule has 1 N–H and O–H groups in total. The van der Waals surface area contributed by atoms with Crippen LogP contribution >= 0.6 is 11.3 Å². The molecule has 0 amide bonds. The minimum atomic E-state index is -0.895. The molecule has 0 unspecified atom stereocenters. The van der Waals surface area contributed by atoms with Crippen LogP contribution in [0.3, 0.4) is 0 Å². The van der Waals surface area contributed by atoms with Crippen LogP contribution in [-0.4, -0.2) is 26.8 Å². The second kappa shape index (κ2) is 5.95. The molecule has 0 spiro atoms. The van der Waals surface area contributed by atoms with Crippen LogP contribution in [0.1, 0.15) is 38.0 Å². The quantitative estimate of drug-likeness (QED) is 0.854. The molecule has 7 heteroatoms. The van der Waals surface area contributed by atoms with Gasteiger partial charge in [0, 0.05) is 0 Å². The Hall–Kier alpha value is -1.73. The van der Waals surface area contributed by atoms with Crippen molar-refractivity contribution in [3.05, 3.63) is 23.4 Å². The number of carbonyl (C=O) groups excluding carboxylic acids is 1. The van der Waals surface area contributed by atoms with E-state index in [1.165, 1.54) is 11.3 Å². The number of hydrogen-bond donors (Lipinski definition) is 1. The van der Waals surface area contributed by atoms with Crippen molar-refractivity contribution in [3.63, 3.8) is 0 Å². The molecule has 3 rings (SSSR count). The average Bonchev–Trinajstić information content (AvgIpc) is 3.17. The Kier molecular flexibility index (Phi) is 4.03. The first-order valence-electron chi connectivity index (χ1n) is 6.89. The highest BCUT2D eigenvalue weighted by atomic mass is 32.1. The largest absolute Gasteiger partial charge is 0.455 e. The first-order chi connectivity index (χ1) is 10.1. The fourth-order valence-corrected chi connectivity index (χ4v) is 3.14. The van der Waals surface area contributed by atoms with Gasteiger partial charge in [0.2, 0.25) is 5.82 Å². The van der Waals surface area contributed by atoms with Gasteiger partial charge in [0.05, 0.1) is 16.9 Å². The lowest BCUT2D eigenvalue weighted by Crippen LogP contribution is -2.28. The van der Waals surface area contributed by atoms with E-state index in [0.29, 0.717) is 18.7 Å². The number of aliphatic hydroxyl groups is 1. The molecule has 1 fully saturated rings. The summed E-state index contributed by atoms with van der Waals surface area (Å²) in [4.78, 5) is 16.8. The zero-order valence-corrected chi connectivity index (χ0v) is 12.3. The molecule has 2 aromatic rings. The summed E-state index contributed by atoms with van der Waals surface area (Å²) in [5.41, 5.74) is -0.895. The van der Waals surface area contributed by atoms with Gasteiger partial charge in [-0.3, -0.25) is 4.79 Å². The van der Waals surface area contributed by atoms with E-state index < -0.39 is 11.6 Å². The van der Waals surface area contributed by atoms with Gasteiger partial charge in [-0.25, -0.2) is 0 Å². The van der Waals surface area contributed by atoms with Gasteiger partial charge in [0.15, 0.2) is 6.61 Å². The predicted molar refractivity (Wildman–Crippen MR) is 75.4 cm³/mol. The van der Waals surface area contributed by atoms with Gasteiger partial charge in [-0.05, 0) is 24.3 Å². The molecule has 0 bridgehead atoms. The Morgan fingerprint density at radius 1 is 1.48 bits per heavy atom. The Bertz CT molecular complexity index is 602. The summed E-state index contributed by atoms with van der Waals surface area (Å²) in [6.45, 7) is -0.0622. The first kappa shape index (κ1) is 14.2. The van der Waals surface area contributed by atoms with Crippen molar-refractivity contribution in [1.29, 1.82) is 0 Å². The lowest BCUT2D eigenvalue weighted by Gasteiger charge is -2.20. The summed E-state index contributed by atoms with van der Waals surface area (Å²) in [7, 11) is 0. The zero-order chi connectivity index (χ0) is 14.7. The molecule has 0 atom stereocenters. The fraction of sp³-hybridized carbons (Fsp3) is 0.500. The van der Waals surface area contributed by atoms with Gasteiger partial charge in [-0.2, -0.15) is 4.98 Å². The van der Waals surface area contributed by atoms with Gasteiger partial charge in [-0.15, -0.1) is 11.3 Å². The number of nitrogens with zero attached hydrogens (tertiary/aromatic N) is 2. The first-order valence-corrected chi connectivity index (χ1v) is 7.77. The van der Waals surface area contributed by atoms with Crippen molar-refractivity contribution in [2.24, 2.45) is 0 Å². The van der Waals surface area contributed by atoms with Crippen molar-refractivity contribution in [2.75, 3.05) is 0 Å². The number of rotatable bonds is 5. The highest BCUT2D eigenvalue weighted by molar-refractivity contribution is 7.13. The standard InChI is InChI=1S/C14H16N2O4S/c17-12(8-14(18)5-1-2-6-14)19-9-11-15-13(16-20-11)10-4-3-7-21-10/h3-4,7,18H,1-2,5-6,8-9H2. The van der Waals surface area contributed by atoms with E-state index in [-0.39, 0.29) is 18.9 Å². The smallest absolute Gasteiger partial charge is 0.309 e. The van der Waals surface area contributed by atoms with E-state index in [4.69, 9.17) is 9.26 Å². The van der Waals surface area contributed by atoms with Crippen molar-refractivity contribution in [1.82, 2.24) is 10.1 Å². The van der Waals surface area contributed by atoms with Gasteiger partial charge < -0.3 is 14.4 Å². The number of carbonyl (C=O) groups is 1. The van der Waals surface area contributed by atoms with Gasteiger partial charge in [0.1, 0.15) is 0 Å². The normalized spacial score (nSPS) is 17.0. The Morgan fingerprint density at radius 3 is 3.00 bits per heavy atom. The maximum atomic E-state index is 11.7. The minimum absolute atomic E-state index is 0.0267. The third-order valence-corrected chi connectivity index (χ3v) is 4.44. The summed E-state index contributed by atoms with van der Waals surface area (Å²) >= 11 is 1.51. The molecule has 0 radical (unpaired) electrons. The molecular weight excluding hydrogens is 292 g/mol. The second-order valence-electron chi connectivity index (χ2n) is 5.26. The van der Waals surface area contributed by atoms with Gasteiger partial charge in [0.25, 0.3) is 5.89 Å². The highest BCUT2D eigenvalue weighted by Gasteiger charge is 2.34. The van der Waals surface area contributed by atoms with Crippen LogP contribution in [0.2, 0.25) is 0 Å². The lowest BCUT2D eigenvalue weighted by atomic mass is 9.98. The van der Waals surface area contributed by atoms with Crippen molar-refractivity contribution < 1.29 is 19.2 Å². The Labute approximate surface area is 125 Å². The summed E-state index contributed by atoms with van der Waals surface area (Å²) in [5.74, 6) is 0.311. The van der Waals surface area contributed by atoms with Crippen LogP contribution in [0.4, 0.5) is 0 Å². The molecule has 0 aromatic carbocycles. The molecular formula is C14H16N2O4S. The topological polar surface area (TPSA) is 85.5 Å². The van der Waals surface area contributed by atoms with E-state index in [2.05, 4.69) is 10.1 Å². The fourth-order valence-electron chi connectivity index (χ4n) is 2.49. The van der Waals surface area contributed by atoms with Gasteiger partial charge in [-0.1, -0.05) is 24.1 Å². The summed E-state index contributed by atoms with van der Waals surface area (Å²) in [6.07, 6.45) is 3.25. The molecule has 21 heavy (non-hydrogen) atoms. The minimum Gasteiger partial charge on any atom is -0.455 e. The number of hydrogen-bond acceptors (Lipinski definition) is 7. The molecule has 1 saturated carbocycles. The molecule has 112 valence electrons. The van der Waals surface area contributed by atoms with Crippen LogP contribution in [0.25, 0.3) is 10.7 Å². The summed E-state index contributed by atoms with van der Waals surface area (Å²) in [6, 6.07) is 3.79. The molecule has 1 aliphatic carbocycles. The number of aromatic nitrogens is 2. The summed E-state index contributed by atoms with van der Waals surface area (Å²) in [5, 5.41) is 15.9. The Balaban J connectivity index is 1.52. The highest BCUT2D eigenvalue weighted by Crippen LogP contribution is 2.32. The van der Waals surface area contributed by atoms with Crippen LogP contribution in [-0.2, 0) is 16.1 Å². The predicted octanol–water partition coefficient (Wildman–Crippen LogP) is 2.54. The monoisotopic (exact) mass is 308 g/mol. The second-order valence-corrected chi connectivity index (χ2v) is 6.21. The maximum Gasteiger partial charge on any atom is 0.309 e. The third kappa shape index (κ3) is 3.48. The van der Waals surface area contributed by atoms with Crippen LogP contribution < -0.4 is 0 Å².